The van der Waals surface area contributed by atoms with E-state index in [9.17, 15) is 13.2 Å². The van der Waals surface area contributed by atoms with Crippen LogP contribution in [0.15, 0.2) is 18.3 Å². The normalized spacial score (nSPS) is 16.5. The third-order valence-electron chi connectivity index (χ3n) is 3.09. The number of rotatable bonds is 3. The average Bonchev–Trinajstić information content (AvgIpc) is 2.47. The van der Waals surface area contributed by atoms with Gasteiger partial charge in [0.2, 0.25) is 0 Å². The Balaban J connectivity index is 2.00. The molecule has 1 aliphatic rings. The van der Waals surface area contributed by atoms with Gasteiger partial charge in [-0.2, -0.15) is 12.7 Å². The van der Waals surface area contributed by atoms with Crippen LogP contribution in [0.1, 0.15) is 0 Å². The van der Waals surface area contributed by atoms with Gasteiger partial charge >= 0.3 is 16.3 Å². The van der Waals surface area contributed by atoms with E-state index in [1.807, 2.05) is 9.62 Å². The minimum atomic E-state index is -3.88. The van der Waals surface area contributed by atoms with E-state index < -0.39 is 16.3 Å². The number of nitrogens with one attached hydrogen (secondary N) is 1. The summed E-state index contributed by atoms with van der Waals surface area (Å²) in [6, 6.07) is 3.48. The molecular formula is C11H17N5O4S. The molecule has 1 aromatic rings. The number of anilines is 2. The number of nitrogens with two attached hydrogens (primary N) is 1. The lowest BCUT2D eigenvalue weighted by atomic mass is 10.3. The highest BCUT2D eigenvalue weighted by atomic mass is 32.2. The summed E-state index contributed by atoms with van der Waals surface area (Å²) in [4.78, 5) is 17.1. The molecule has 1 amide bonds. The second-order valence-electron chi connectivity index (χ2n) is 4.40. The molecule has 0 bridgehead atoms. The smallest absolute Gasteiger partial charge is 0.421 e. The third-order valence-corrected chi connectivity index (χ3v) is 4.56. The number of ether oxygens (including phenoxy) is 1. The van der Waals surface area contributed by atoms with Crippen molar-refractivity contribution in [2.75, 3.05) is 43.9 Å². The minimum Gasteiger partial charge on any atom is -0.452 e. The first kappa shape index (κ1) is 15.3. The first-order valence-electron chi connectivity index (χ1n) is 6.25. The van der Waals surface area contributed by atoms with Crippen molar-refractivity contribution in [3.8, 4) is 0 Å². The molecule has 1 saturated heterocycles. The molecule has 0 aliphatic carbocycles. The van der Waals surface area contributed by atoms with Crippen LogP contribution in [-0.4, -0.2) is 57.1 Å². The van der Waals surface area contributed by atoms with E-state index in [1.54, 1.807) is 18.3 Å². The van der Waals surface area contributed by atoms with Crippen molar-refractivity contribution >= 4 is 27.8 Å². The van der Waals surface area contributed by atoms with Gasteiger partial charge in [-0.3, -0.25) is 0 Å². The minimum absolute atomic E-state index is 0.225. The van der Waals surface area contributed by atoms with Crippen LogP contribution < -0.4 is 15.4 Å². The van der Waals surface area contributed by atoms with Crippen molar-refractivity contribution < 1.29 is 17.9 Å². The van der Waals surface area contributed by atoms with Gasteiger partial charge in [0.1, 0.15) is 0 Å². The molecule has 1 fully saturated rings. The Kier molecular flexibility index (Phi) is 4.48. The van der Waals surface area contributed by atoms with Gasteiger partial charge in [0, 0.05) is 32.4 Å². The maximum Gasteiger partial charge on any atom is 0.421 e. The molecule has 0 unspecified atom stereocenters. The Morgan fingerprint density at radius 2 is 2.05 bits per heavy atom. The van der Waals surface area contributed by atoms with Gasteiger partial charge in [0.05, 0.1) is 12.8 Å². The number of carbonyl (C=O) groups excluding carboxylic acids is 1. The fourth-order valence-corrected chi connectivity index (χ4v) is 3.09. The number of pyridine rings is 1. The molecule has 116 valence electrons. The first-order chi connectivity index (χ1) is 9.94. The predicted octanol–water partition coefficient (Wildman–Crippen LogP) is -0.613. The molecule has 0 radical (unpaired) electrons. The topological polar surface area (TPSA) is 118 Å². The Labute approximate surface area is 122 Å². The molecule has 1 aromatic heterocycles. The lowest BCUT2D eigenvalue weighted by Gasteiger charge is -2.34. The van der Waals surface area contributed by atoms with Crippen LogP contribution in [0.25, 0.3) is 0 Å². The number of piperazine rings is 1. The van der Waals surface area contributed by atoms with Crippen LogP contribution in [0.4, 0.5) is 16.3 Å². The lowest BCUT2D eigenvalue weighted by molar-refractivity contribution is 0.177. The zero-order valence-electron chi connectivity index (χ0n) is 11.5. The average molecular weight is 315 g/mol. The van der Waals surface area contributed by atoms with Crippen molar-refractivity contribution in [2.24, 2.45) is 0 Å². The fourth-order valence-electron chi connectivity index (χ4n) is 2.03. The number of methoxy groups -OCH3 is 1. The van der Waals surface area contributed by atoms with Crippen LogP contribution in [0.5, 0.6) is 0 Å². The second-order valence-corrected chi connectivity index (χ2v) is 6.07. The molecule has 2 heterocycles. The van der Waals surface area contributed by atoms with Crippen LogP contribution in [0.3, 0.4) is 0 Å². The molecular weight excluding hydrogens is 298 g/mol. The fraction of sp³-hybridized carbons (Fsp3) is 0.455. The summed E-state index contributed by atoms with van der Waals surface area (Å²) in [5.41, 5.74) is 6.39. The van der Waals surface area contributed by atoms with Gasteiger partial charge in [-0.05, 0) is 12.1 Å². The zero-order valence-corrected chi connectivity index (χ0v) is 12.3. The molecule has 0 atom stereocenters. The van der Waals surface area contributed by atoms with E-state index in [4.69, 9.17) is 5.73 Å². The number of nitrogen functional groups attached to an aromatic ring is 1. The summed E-state index contributed by atoms with van der Waals surface area (Å²) in [6.07, 6.45) is 0.625. The van der Waals surface area contributed by atoms with Crippen molar-refractivity contribution in [3.05, 3.63) is 18.3 Å². The highest BCUT2D eigenvalue weighted by Gasteiger charge is 2.29. The quantitative estimate of drug-likeness (QED) is 0.763. The van der Waals surface area contributed by atoms with Crippen molar-refractivity contribution in [2.45, 2.75) is 0 Å². The predicted molar refractivity (Wildman–Crippen MR) is 76.9 cm³/mol. The number of hydrogen-bond donors (Lipinski definition) is 2. The Morgan fingerprint density at radius 1 is 1.38 bits per heavy atom. The SMILES string of the molecule is COC(=O)NS(=O)(=O)N1CCN(c2ncccc2N)CC1. The van der Waals surface area contributed by atoms with Crippen LogP contribution in [0.2, 0.25) is 0 Å². The van der Waals surface area contributed by atoms with E-state index >= 15 is 0 Å². The van der Waals surface area contributed by atoms with Crippen LogP contribution in [0, 0.1) is 0 Å². The van der Waals surface area contributed by atoms with Crippen molar-refractivity contribution in [3.63, 3.8) is 0 Å². The van der Waals surface area contributed by atoms with Gasteiger partial charge in [-0.1, -0.05) is 0 Å². The maximum atomic E-state index is 11.9. The molecule has 10 heteroatoms. The highest BCUT2D eigenvalue weighted by molar-refractivity contribution is 7.87. The number of nitrogens with zero attached hydrogens (tertiary/aromatic N) is 3. The summed E-state index contributed by atoms with van der Waals surface area (Å²) in [5.74, 6) is 0.635. The molecule has 9 nitrogen and oxygen atoms in total. The molecule has 21 heavy (non-hydrogen) atoms. The summed E-state index contributed by atoms with van der Waals surface area (Å²) < 4.78 is 31.1. The summed E-state index contributed by atoms with van der Waals surface area (Å²) >= 11 is 0. The van der Waals surface area contributed by atoms with E-state index in [0.717, 1.165) is 7.11 Å². The van der Waals surface area contributed by atoms with Gasteiger partial charge in [-0.25, -0.2) is 14.5 Å². The van der Waals surface area contributed by atoms with Crippen LogP contribution in [-0.2, 0) is 14.9 Å². The number of carbonyl (C=O) groups is 1. The largest absolute Gasteiger partial charge is 0.452 e. The molecule has 0 aromatic carbocycles. The van der Waals surface area contributed by atoms with Crippen molar-refractivity contribution in [1.82, 2.24) is 14.0 Å². The van der Waals surface area contributed by atoms with Crippen molar-refractivity contribution in [1.29, 1.82) is 0 Å². The lowest BCUT2D eigenvalue weighted by Crippen LogP contribution is -2.53. The van der Waals surface area contributed by atoms with E-state index in [-0.39, 0.29) is 13.1 Å². The molecule has 1 aliphatic heterocycles. The van der Waals surface area contributed by atoms with Gasteiger partial charge < -0.3 is 15.4 Å². The van der Waals surface area contributed by atoms with Crippen LogP contribution >= 0.6 is 0 Å². The number of aromatic nitrogens is 1. The van der Waals surface area contributed by atoms with E-state index in [0.29, 0.717) is 24.6 Å². The summed E-state index contributed by atoms with van der Waals surface area (Å²) in [6.45, 7) is 1.32. The van der Waals surface area contributed by atoms with E-state index in [1.165, 1.54) is 4.31 Å². The summed E-state index contributed by atoms with van der Waals surface area (Å²) in [5, 5.41) is 0. The number of hydrogen-bond acceptors (Lipinski definition) is 7. The van der Waals surface area contributed by atoms with Gasteiger partial charge in [0.15, 0.2) is 5.82 Å². The Morgan fingerprint density at radius 3 is 2.62 bits per heavy atom. The highest BCUT2D eigenvalue weighted by Crippen LogP contribution is 2.21. The molecule has 0 saturated carbocycles. The standard InChI is InChI=1S/C11H17N5O4S/c1-20-11(17)14-21(18,19)16-7-5-15(6-8-16)10-9(12)3-2-4-13-10/h2-4H,5-8,12H2,1H3,(H,14,17). The Hall–Kier alpha value is -2.07. The van der Waals surface area contributed by atoms with Gasteiger partial charge in [0.25, 0.3) is 0 Å². The maximum absolute atomic E-state index is 11.9. The second kappa shape index (κ2) is 6.14. The molecule has 3 N–H and O–H groups in total. The first-order valence-corrected chi connectivity index (χ1v) is 7.69. The van der Waals surface area contributed by atoms with Gasteiger partial charge in [-0.15, -0.1) is 0 Å². The third kappa shape index (κ3) is 3.52. The molecule has 2 rings (SSSR count). The molecule has 0 spiro atoms. The van der Waals surface area contributed by atoms with E-state index in [2.05, 4.69) is 9.72 Å². The Bertz CT molecular complexity index is 613. The number of amides is 1. The monoisotopic (exact) mass is 315 g/mol. The summed E-state index contributed by atoms with van der Waals surface area (Å²) in [7, 11) is -2.78. The zero-order chi connectivity index (χ0) is 15.5.